The van der Waals surface area contributed by atoms with E-state index in [0.29, 0.717) is 83.5 Å². The summed E-state index contributed by atoms with van der Waals surface area (Å²) in [5, 5.41) is 0. The zero-order valence-corrected chi connectivity index (χ0v) is 60.3. The number of piperidine rings is 3. The minimum atomic E-state index is -0.636. The summed E-state index contributed by atoms with van der Waals surface area (Å²) < 4.78 is 20.2. The number of carbonyl (C=O) groups is 18. The molecule has 14 amide bonds. The van der Waals surface area contributed by atoms with Gasteiger partial charge in [0.2, 0.25) is 82.7 Å². The van der Waals surface area contributed by atoms with E-state index in [1.54, 1.807) is 41.5 Å². The molecule has 0 aromatic heterocycles. The fraction of sp³-hybridized carbons (Fsp3) is 0.778. The Bertz CT molecular complexity index is 2790. The first-order chi connectivity index (χ1) is 45.2. The lowest BCUT2D eigenvalue weighted by molar-refractivity contribution is -0.162. The normalized spacial score (nSPS) is 15.6. The molecule has 6 saturated heterocycles. The Morgan fingerprint density at radius 3 is 0.661 bits per heavy atom. The van der Waals surface area contributed by atoms with E-state index in [4.69, 9.17) is 18.9 Å². The molecule has 642 valence electrons. The molecule has 6 heterocycles. The van der Waals surface area contributed by atoms with E-state index in [0.717, 1.165) is 32.4 Å². The van der Waals surface area contributed by atoms with E-state index >= 15 is 0 Å². The van der Waals surface area contributed by atoms with Gasteiger partial charge in [0.15, 0.2) is 0 Å². The van der Waals surface area contributed by atoms with Crippen LogP contribution in [-0.4, -0.2) is 189 Å². The largest absolute Gasteiger partial charge is 0.464 e. The van der Waals surface area contributed by atoms with Crippen LogP contribution in [0.1, 0.15) is 335 Å². The molecule has 6 fully saturated rings. The molecule has 0 aromatic carbocycles. The standard InChI is InChI=1S/C13H21NO4.2C12H19NO4.C11H17NO4.C11H17NO3.C10H15NO3.12CH4/c1-4-13(2,3)12(17)18-9-8-14-10(15)6-5-7-11(14)16;1-4-12(2,3)11(16)17-8-7-13-9(14)5-6-10(13)15;1-3-9(2)12(16)17-8-7-13-10(14)5-4-6-11(13)15;1-3-8(2)11(15)16-7-6-12-9(13)4-5-10(12)14;1-4-11(2,3)10(15)12-8(13)6-5-7-9(12)14;1-4-10(2,3)9(14)11-7(12)5-6-8(11)13;;;;;;;;;;;;/h4-9H2,1-3H3;4-8H2,1-3H3;9H,3-8H2,1-2H3;8H,3-7H2,1-2H3;4-7H2,1-3H3;4-6H2,1-3H3;12*1H4. The number of amides is 14. The topological polar surface area (TPSA) is 364 Å². The summed E-state index contributed by atoms with van der Waals surface area (Å²) in [6.07, 6.45) is 9.52. The SMILES string of the molecule is C.C.C.C.C.C.C.C.C.C.C.C.CCC(C)(C)C(=O)N1C(=O)CCC1=O.CCC(C)(C)C(=O)N1C(=O)CCCC1=O.CCC(C)(C)C(=O)OCCN1C(=O)CCC1=O.CCC(C)(C)C(=O)OCCN1C(=O)CCCC1=O.CCC(C)C(=O)OCCN1C(=O)CCC1=O.CCC(C)C(=O)OCCN1C(=O)CCCC1=O. The van der Waals surface area contributed by atoms with Crippen molar-refractivity contribution < 1.29 is 105 Å². The van der Waals surface area contributed by atoms with E-state index in [1.165, 1.54) is 9.80 Å². The molecular formula is C81H156N6O22. The van der Waals surface area contributed by atoms with Crippen molar-refractivity contribution in [2.75, 3.05) is 52.6 Å². The van der Waals surface area contributed by atoms with E-state index in [1.807, 2.05) is 69.2 Å². The number of hydrogen-bond acceptors (Lipinski definition) is 22. The zero-order valence-electron chi connectivity index (χ0n) is 60.3. The Hall–Kier alpha value is -7.94. The minimum Gasteiger partial charge on any atom is -0.464 e. The van der Waals surface area contributed by atoms with Crippen LogP contribution in [0.3, 0.4) is 0 Å². The summed E-state index contributed by atoms with van der Waals surface area (Å²) in [6, 6.07) is 0. The van der Waals surface area contributed by atoms with Gasteiger partial charge in [-0.1, -0.05) is 172 Å². The molecule has 28 nitrogen and oxygen atoms in total. The van der Waals surface area contributed by atoms with Crippen molar-refractivity contribution in [2.24, 2.45) is 33.5 Å². The summed E-state index contributed by atoms with van der Waals surface area (Å²) in [5.41, 5.74) is -2.30. The molecule has 28 heteroatoms. The van der Waals surface area contributed by atoms with Gasteiger partial charge >= 0.3 is 23.9 Å². The molecule has 0 aliphatic carbocycles. The maximum Gasteiger partial charge on any atom is 0.311 e. The molecule has 6 aliphatic heterocycles. The number of carbonyl (C=O) groups excluding carboxylic acids is 18. The molecule has 2 unspecified atom stereocenters. The molecule has 6 aliphatic rings. The van der Waals surface area contributed by atoms with E-state index in [9.17, 15) is 86.3 Å². The molecule has 0 spiro atoms. The molecule has 2 atom stereocenters. The molecule has 0 radical (unpaired) electrons. The van der Waals surface area contributed by atoms with Crippen molar-refractivity contribution in [1.82, 2.24) is 29.4 Å². The third-order valence-corrected chi connectivity index (χ3v) is 17.9. The van der Waals surface area contributed by atoms with Gasteiger partial charge in [-0.2, -0.15) is 0 Å². The molecular weight excluding hydrogens is 1410 g/mol. The molecule has 6 rings (SSSR count). The van der Waals surface area contributed by atoms with E-state index < -0.39 is 21.7 Å². The Kier molecular flexibility index (Phi) is 71.2. The number of imide groups is 10. The summed E-state index contributed by atoms with van der Waals surface area (Å²) in [7, 11) is 0. The first kappa shape index (κ1) is 128. The lowest BCUT2D eigenvalue weighted by Gasteiger charge is -2.30. The first-order valence-electron chi connectivity index (χ1n) is 34.0. The van der Waals surface area contributed by atoms with Crippen LogP contribution in [-0.2, 0) is 105 Å². The van der Waals surface area contributed by atoms with Gasteiger partial charge in [0, 0.05) is 87.9 Å². The van der Waals surface area contributed by atoms with Gasteiger partial charge in [0.1, 0.15) is 26.4 Å². The van der Waals surface area contributed by atoms with Crippen LogP contribution >= 0.6 is 0 Å². The van der Waals surface area contributed by atoms with Crippen LogP contribution in [0.5, 0.6) is 0 Å². The number of rotatable bonds is 24. The van der Waals surface area contributed by atoms with Crippen LogP contribution in [0.25, 0.3) is 0 Å². The number of likely N-dealkylation sites (tertiary alicyclic amines) is 6. The van der Waals surface area contributed by atoms with Crippen molar-refractivity contribution in [3.05, 3.63) is 0 Å². The van der Waals surface area contributed by atoms with Crippen molar-refractivity contribution in [2.45, 2.75) is 335 Å². The summed E-state index contributed by atoms with van der Waals surface area (Å²) in [6.45, 7) is 30.2. The number of esters is 4. The highest BCUT2D eigenvalue weighted by atomic mass is 16.5. The van der Waals surface area contributed by atoms with Gasteiger partial charge in [-0.05, 0) is 85.5 Å². The number of hydrogen-bond donors (Lipinski definition) is 0. The average molecular weight is 1570 g/mol. The van der Waals surface area contributed by atoms with Crippen molar-refractivity contribution in [3.63, 3.8) is 0 Å². The highest BCUT2D eigenvalue weighted by Gasteiger charge is 2.42. The lowest BCUT2D eigenvalue weighted by atomic mass is 9.87. The molecule has 0 aromatic rings. The molecule has 0 N–H and O–H groups in total. The highest BCUT2D eigenvalue weighted by molar-refractivity contribution is 6.16. The molecule has 0 bridgehead atoms. The Morgan fingerprint density at radius 1 is 0.284 bits per heavy atom. The molecule has 0 saturated carbocycles. The van der Waals surface area contributed by atoms with Gasteiger partial charge in [-0.3, -0.25) is 106 Å². The third-order valence-electron chi connectivity index (χ3n) is 17.9. The van der Waals surface area contributed by atoms with Gasteiger partial charge in [0.25, 0.3) is 0 Å². The maximum absolute atomic E-state index is 12.0. The number of ether oxygens (including phenoxy) is 4. The average Bonchev–Trinajstić information content (AvgIpc) is 1.80. The van der Waals surface area contributed by atoms with Crippen molar-refractivity contribution in [3.8, 4) is 0 Å². The second-order valence-corrected chi connectivity index (χ2v) is 26.8. The first-order valence-corrected chi connectivity index (χ1v) is 34.0. The Morgan fingerprint density at radius 2 is 0.459 bits per heavy atom. The van der Waals surface area contributed by atoms with Crippen molar-refractivity contribution >= 4 is 107 Å². The smallest absolute Gasteiger partial charge is 0.311 e. The lowest BCUT2D eigenvalue weighted by Crippen LogP contribution is -2.49. The van der Waals surface area contributed by atoms with Gasteiger partial charge in [-0.25, -0.2) is 9.80 Å². The Balaban J connectivity index is -0.000000101. The molecule has 109 heavy (non-hydrogen) atoms. The van der Waals surface area contributed by atoms with Crippen LogP contribution in [0.2, 0.25) is 0 Å². The van der Waals surface area contributed by atoms with Gasteiger partial charge in [-0.15, -0.1) is 0 Å². The third kappa shape index (κ3) is 41.1. The number of nitrogens with zero attached hydrogens (tertiary/aromatic N) is 6. The summed E-state index contributed by atoms with van der Waals surface area (Å²) in [4.78, 5) is 212. The van der Waals surface area contributed by atoms with E-state index in [2.05, 4.69) is 0 Å². The second-order valence-electron chi connectivity index (χ2n) is 26.8. The maximum atomic E-state index is 12.0. The van der Waals surface area contributed by atoms with E-state index in [-0.39, 0.29) is 299 Å². The highest BCUT2D eigenvalue weighted by Crippen LogP contribution is 2.29. The summed E-state index contributed by atoms with van der Waals surface area (Å²) in [5.74, 6) is -4.93. The van der Waals surface area contributed by atoms with Crippen molar-refractivity contribution in [1.29, 1.82) is 0 Å². The fourth-order valence-electron chi connectivity index (χ4n) is 8.77. The zero-order chi connectivity index (χ0) is 74.3. The monoisotopic (exact) mass is 1570 g/mol. The van der Waals surface area contributed by atoms with Gasteiger partial charge < -0.3 is 18.9 Å². The Labute approximate surface area is 659 Å². The minimum absolute atomic E-state index is 0. The summed E-state index contributed by atoms with van der Waals surface area (Å²) >= 11 is 0. The second kappa shape index (κ2) is 60.8. The quantitative estimate of drug-likeness (QED) is 0.0492. The van der Waals surface area contributed by atoms with Crippen LogP contribution in [0, 0.1) is 33.5 Å². The predicted molar refractivity (Wildman–Crippen MR) is 430 cm³/mol. The van der Waals surface area contributed by atoms with Crippen LogP contribution < -0.4 is 0 Å². The predicted octanol–water partition coefficient (Wildman–Crippen LogP) is 14.7. The van der Waals surface area contributed by atoms with Crippen LogP contribution in [0.4, 0.5) is 0 Å². The van der Waals surface area contributed by atoms with Gasteiger partial charge in [0.05, 0.1) is 48.8 Å². The fourth-order valence-corrected chi connectivity index (χ4v) is 8.77. The van der Waals surface area contributed by atoms with Crippen LogP contribution in [0.15, 0.2) is 0 Å².